The highest BCUT2D eigenvalue weighted by atomic mass is 79.9. The van der Waals surface area contributed by atoms with Gasteiger partial charge in [0.05, 0.1) is 24.4 Å². The van der Waals surface area contributed by atoms with Gasteiger partial charge in [-0.05, 0) is 44.8 Å². The van der Waals surface area contributed by atoms with Gasteiger partial charge in [-0.15, -0.1) is 0 Å². The monoisotopic (exact) mass is 394 g/mol. The summed E-state index contributed by atoms with van der Waals surface area (Å²) in [7, 11) is 1.24. The fraction of sp³-hybridized carbons (Fsp3) is 0.273. The molecule has 0 aliphatic carbocycles. The largest absolute Gasteiger partial charge is 0.503 e. The number of nitrogens with zero attached hydrogens (tertiary/aromatic N) is 1. The van der Waals surface area contributed by atoms with Gasteiger partial charge in [-0.25, -0.2) is 10.2 Å². The van der Waals surface area contributed by atoms with Crippen molar-refractivity contribution >= 4 is 44.2 Å². The molecule has 0 saturated heterocycles. The standard InChI is InChI=1S/C11H12Br2N2O4/c1-3-19-7-4-6(5-14-15-11(17)18-2)8(12)9(13)10(7)16/h4-5,16H,3H2,1-2H3,(H,15,17). The highest BCUT2D eigenvalue weighted by molar-refractivity contribution is 9.13. The topological polar surface area (TPSA) is 80.2 Å². The van der Waals surface area contributed by atoms with Crippen molar-refractivity contribution in [2.45, 2.75) is 6.92 Å². The van der Waals surface area contributed by atoms with E-state index < -0.39 is 6.09 Å². The van der Waals surface area contributed by atoms with Crippen molar-refractivity contribution in [1.29, 1.82) is 0 Å². The number of hydrazone groups is 1. The van der Waals surface area contributed by atoms with Crippen LogP contribution in [0.25, 0.3) is 0 Å². The van der Waals surface area contributed by atoms with Crippen molar-refractivity contribution in [2.24, 2.45) is 5.10 Å². The summed E-state index contributed by atoms with van der Waals surface area (Å²) in [6.45, 7) is 2.22. The van der Waals surface area contributed by atoms with Crippen molar-refractivity contribution in [3.63, 3.8) is 0 Å². The molecule has 6 nitrogen and oxygen atoms in total. The molecule has 2 N–H and O–H groups in total. The molecule has 0 atom stereocenters. The molecule has 1 amide bonds. The van der Waals surface area contributed by atoms with E-state index in [1.54, 1.807) is 6.07 Å². The van der Waals surface area contributed by atoms with Gasteiger partial charge in [-0.1, -0.05) is 0 Å². The normalized spacial score (nSPS) is 10.5. The van der Waals surface area contributed by atoms with Crippen LogP contribution in [0.15, 0.2) is 20.1 Å². The molecule has 0 radical (unpaired) electrons. The van der Waals surface area contributed by atoms with Crippen molar-refractivity contribution in [2.75, 3.05) is 13.7 Å². The van der Waals surface area contributed by atoms with Crippen molar-refractivity contribution in [3.8, 4) is 11.5 Å². The molecule has 0 fully saturated rings. The van der Waals surface area contributed by atoms with Crippen LogP contribution in [0.4, 0.5) is 4.79 Å². The first-order valence-corrected chi connectivity index (χ1v) is 6.80. The molecule has 1 aromatic rings. The summed E-state index contributed by atoms with van der Waals surface area (Å²) >= 11 is 6.54. The SMILES string of the molecule is CCOc1cc(C=NNC(=O)OC)c(Br)c(Br)c1O. The summed E-state index contributed by atoms with van der Waals surface area (Å²) in [5.74, 6) is 0.309. The summed E-state index contributed by atoms with van der Waals surface area (Å²) in [5.41, 5.74) is 2.78. The number of rotatable bonds is 4. The van der Waals surface area contributed by atoms with Crippen LogP contribution in [-0.4, -0.2) is 31.1 Å². The lowest BCUT2D eigenvalue weighted by Gasteiger charge is -2.10. The predicted molar refractivity (Wildman–Crippen MR) is 77.8 cm³/mol. The Kier molecular flexibility index (Phi) is 6.10. The fourth-order valence-electron chi connectivity index (χ4n) is 1.17. The van der Waals surface area contributed by atoms with E-state index in [0.717, 1.165) is 0 Å². The van der Waals surface area contributed by atoms with Gasteiger partial charge in [-0.2, -0.15) is 5.10 Å². The summed E-state index contributed by atoms with van der Waals surface area (Å²) in [4.78, 5) is 10.8. The number of benzene rings is 1. The van der Waals surface area contributed by atoms with Gasteiger partial charge in [0.1, 0.15) is 0 Å². The second-order valence-electron chi connectivity index (χ2n) is 3.24. The lowest BCUT2D eigenvalue weighted by atomic mass is 10.2. The first-order valence-electron chi connectivity index (χ1n) is 5.22. The quantitative estimate of drug-likeness (QED) is 0.606. The first-order chi connectivity index (χ1) is 9.01. The van der Waals surface area contributed by atoms with Crippen LogP contribution in [0.5, 0.6) is 11.5 Å². The van der Waals surface area contributed by atoms with Gasteiger partial charge in [0.25, 0.3) is 0 Å². The van der Waals surface area contributed by atoms with Crippen LogP contribution in [-0.2, 0) is 4.74 Å². The number of carbonyl (C=O) groups excluding carboxylic acids is 1. The van der Waals surface area contributed by atoms with Gasteiger partial charge in [0.2, 0.25) is 0 Å². The number of hydrogen-bond acceptors (Lipinski definition) is 5. The van der Waals surface area contributed by atoms with Gasteiger partial charge >= 0.3 is 6.09 Å². The number of aromatic hydroxyl groups is 1. The second-order valence-corrected chi connectivity index (χ2v) is 4.82. The number of nitrogens with one attached hydrogen (secondary N) is 1. The van der Waals surface area contributed by atoms with E-state index in [0.29, 0.717) is 26.9 Å². The molecule has 0 aliphatic heterocycles. The smallest absolute Gasteiger partial charge is 0.427 e. The summed E-state index contributed by atoms with van der Waals surface area (Å²) < 4.78 is 10.7. The van der Waals surface area contributed by atoms with Crippen LogP contribution >= 0.6 is 31.9 Å². The number of amides is 1. The van der Waals surface area contributed by atoms with Crippen molar-refractivity contribution < 1.29 is 19.4 Å². The van der Waals surface area contributed by atoms with Gasteiger partial charge in [0, 0.05) is 10.0 Å². The van der Waals surface area contributed by atoms with Gasteiger partial charge in [0.15, 0.2) is 11.5 Å². The Bertz CT molecular complexity index is 506. The average Bonchev–Trinajstić information content (AvgIpc) is 2.41. The van der Waals surface area contributed by atoms with E-state index in [9.17, 15) is 9.90 Å². The molecule has 0 saturated carbocycles. The van der Waals surface area contributed by atoms with Crippen LogP contribution in [0.1, 0.15) is 12.5 Å². The Morgan fingerprint density at radius 3 is 2.79 bits per heavy atom. The number of hydrogen-bond donors (Lipinski definition) is 2. The van der Waals surface area contributed by atoms with Gasteiger partial charge in [-0.3, -0.25) is 0 Å². The Balaban J connectivity index is 3.03. The van der Waals surface area contributed by atoms with Crippen LogP contribution in [0.2, 0.25) is 0 Å². The third kappa shape index (κ3) is 4.10. The second kappa shape index (κ2) is 7.34. The molecule has 0 aromatic heterocycles. The third-order valence-electron chi connectivity index (χ3n) is 2.02. The average molecular weight is 396 g/mol. The van der Waals surface area contributed by atoms with E-state index in [-0.39, 0.29) is 5.75 Å². The van der Waals surface area contributed by atoms with Crippen LogP contribution < -0.4 is 10.2 Å². The zero-order valence-corrected chi connectivity index (χ0v) is 13.4. The number of ether oxygens (including phenoxy) is 2. The predicted octanol–water partition coefficient (Wildman–Crippen LogP) is 3.01. The lowest BCUT2D eigenvalue weighted by molar-refractivity contribution is 0.171. The molecular formula is C11H12Br2N2O4. The molecular weight excluding hydrogens is 384 g/mol. The number of carbonyl (C=O) groups is 1. The van der Waals surface area contributed by atoms with E-state index in [1.165, 1.54) is 13.3 Å². The maximum absolute atomic E-state index is 10.8. The fourth-order valence-corrected chi connectivity index (χ4v) is 2.00. The number of phenols is 1. The molecule has 104 valence electrons. The maximum Gasteiger partial charge on any atom is 0.427 e. The summed E-state index contributed by atoms with van der Waals surface area (Å²) in [5, 5.41) is 13.6. The van der Waals surface area contributed by atoms with E-state index in [4.69, 9.17) is 4.74 Å². The summed E-state index contributed by atoms with van der Waals surface area (Å²) in [6, 6.07) is 1.59. The van der Waals surface area contributed by atoms with E-state index in [2.05, 4.69) is 47.1 Å². The molecule has 0 spiro atoms. The zero-order chi connectivity index (χ0) is 14.4. The molecule has 0 unspecified atom stereocenters. The van der Waals surface area contributed by atoms with Crippen molar-refractivity contribution in [3.05, 3.63) is 20.6 Å². The molecule has 1 rings (SSSR count). The molecule has 1 aromatic carbocycles. The minimum Gasteiger partial charge on any atom is -0.503 e. The summed E-state index contributed by atoms with van der Waals surface area (Å²) in [6.07, 6.45) is 0.725. The highest BCUT2D eigenvalue weighted by Gasteiger charge is 2.14. The Morgan fingerprint density at radius 1 is 1.53 bits per heavy atom. The molecule has 19 heavy (non-hydrogen) atoms. The minimum absolute atomic E-state index is 0.00759. The highest BCUT2D eigenvalue weighted by Crippen LogP contribution is 2.41. The van der Waals surface area contributed by atoms with E-state index in [1.807, 2.05) is 6.92 Å². The lowest BCUT2D eigenvalue weighted by Crippen LogP contribution is -2.16. The molecule has 0 heterocycles. The minimum atomic E-state index is -0.671. The molecule has 8 heteroatoms. The van der Waals surface area contributed by atoms with Crippen LogP contribution in [0.3, 0.4) is 0 Å². The van der Waals surface area contributed by atoms with Crippen molar-refractivity contribution in [1.82, 2.24) is 5.43 Å². The first kappa shape index (κ1) is 15.8. The molecule has 0 aliphatic rings. The third-order valence-corrected chi connectivity index (χ3v) is 4.18. The van der Waals surface area contributed by atoms with Crippen LogP contribution in [0, 0.1) is 0 Å². The van der Waals surface area contributed by atoms with Gasteiger partial charge < -0.3 is 14.6 Å². The zero-order valence-electron chi connectivity index (χ0n) is 10.2. The maximum atomic E-state index is 10.8. The van der Waals surface area contributed by atoms with E-state index >= 15 is 0 Å². The molecule has 0 bridgehead atoms. The number of halogens is 2. The Morgan fingerprint density at radius 2 is 2.21 bits per heavy atom. The Hall–Kier alpha value is -1.28. The number of phenolic OH excluding ortho intramolecular Hbond substituents is 1. The number of methoxy groups -OCH3 is 1. The Labute approximate surface area is 127 Å².